The number of hydrogen-bond acceptors (Lipinski definition) is 6. The molecule has 0 aliphatic rings. The molecule has 0 saturated carbocycles. The van der Waals surface area contributed by atoms with Gasteiger partial charge >= 0.3 is 12.1 Å². The van der Waals surface area contributed by atoms with Crippen LogP contribution in [0.5, 0.6) is 0 Å². The molecule has 0 bridgehead atoms. The fraction of sp³-hybridized carbons (Fsp3) is 0.692. The highest BCUT2D eigenvalue weighted by molar-refractivity contribution is 8.76. The number of nitrogens with one attached hydrogen (secondary N) is 4. The first-order valence-electron chi connectivity index (χ1n) is 7.24. The SMILES string of the molecule is CCNC(=O)NC(=O)CSSCCNC(=O)NC(=O)CC(C)C. The third-order valence-electron chi connectivity index (χ3n) is 2.18. The van der Waals surface area contributed by atoms with E-state index in [0.717, 1.165) is 0 Å². The Morgan fingerprint density at radius 1 is 0.913 bits per heavy atom. The molecular weight excluding hydrogens is 340 g/mol. The number of carbonyl (C=O) groups excluding carboxylic acids is 4. The van der Waals surface area contributed by atoms with Crippen molar-refractivity contribution in [2.45, 2.75) is 27.2 Å². The maximum absolute atomic E-state index is 11.4. The van der Waals surface area contributed by atoms with Crippen LogP contribution in [0.25, 0.3) is 0 Å². The molecule has 23 heavy (non-hydrogen) atoms. The van der Waals surface area contributed by atoms with Crippen molar-refractivity contribution >= 4 is 45.5 Å². The Labute approximate surface area is 144 Å². The topological polar surface area (TPSA) is 116 Å². The predicted molar refractivity (Wildman–Crippen MR) is 93.1 cm³/mol. The van der Waals surface area contributed by atoms with Gasteiger partial charge in [0.2, 0.25) is 11.8 Å². The van der Waals surface area contributed by atoms with Gasteiger partial charge in [-0.25, -0.2) is 9.59 Å². The van der Waals surface area contributed by atoms with E-state index in [1.54, 1.807) is 6.92 Å². The minimum Gasteiger partial charge on any atom is -0.338 e. The van der Waals surface area contributed by atoms with Crippen molar-refractivity contribution in [2.24, 2.45) is 5.92 Å². The summed E-state index contributed by atoms with van der Waals surface area (Å²) in [7, 11) is 2.67. The minimum absolute atomic E-state index is 0.140. The highest BCUT2D eigenvalue weighted by Gasteiger charge is 2.09. The average Bonchev–Trinajstić information content (AvgIpc) is 2.41. The molecule has 0 radical (unpaired) electrons. The van der Waals surface area contributed by atoms with Gasteiger partial charge in [-0.05, 0) is 12.8 Å². The van der Waals surface area contributed by atoms with E-state index >= 15 is 0 Å². The van der Waals surface area contributed by atoms with Gasteiger partial charge in [0, 0.05) is 25.3 Å². The van der Waals surface area contributed by atoms with E-state index < -0.39 is 12.1 Å². The Morgan fingerprint density at radius 2 is 1.52 bits per heavy atom. The molecule has 0 aliphatic carbocycles. The van der Waals surface area contributed by atoms with E-state index in [9.17, 15) is 19.2 Å². The smallest absolute Gasteiger partial charge is 0.321 e. The Bertz CT molecular complexity index is 419. The molecule has 0 aromatic rings. The molecule has 8 nitrogen and oxygen atoms in total. The lowest BCUT2D eigenvalue weighted by Gasteiger charge is -2.07. The van der Waals surface area contributed by atoms with Gasteiger partial charge < -0.3 is 10.6 Å². The van der Waals surface area contributed by atoms with Crippen molar-refractivity contribution in [3.05, 3.63) is 0 Å². The molecular formula is C13H24N4O4S2. The third-order valence-corrected chi connectivity index (χ3v) is 4.45. The maximum Gasteiger partial charge on any atom is 0.321 e. The number of carbonyl (C=O) groups is 4. The van der Waals surface area contributed by atoms with E-state index in [-0.39, 0.29) is 23.5 Å². The number of amides is 6. The van der Waals surface area contributed by atoms with Crippen LogP contribution >= 0.6 is 21.6 Å². The molecule has 0 aliphatic heterocycles. The highest BCUT2D eigenvalue weighted by Crippen LogP contribution is 2.19. The van der Waals surface area contributed by atoms with Gasteiger partial charge in [-0.1, -0.05) is 35.4 Å². The zero-order valence-corrected chi connectivity index (χ0v) is 15.2. The van der Waals surface area contributed by atoms with E-state index in [1.807, 2.05) is 13.8 Å². The van der Waals surface area contributed by atoms with Crippen molar-refractivity contribution in [1.29, 1.82) is 0 Å². The van der Waals surface area contributed by atoms with Crippen LogP contribution in [0, 0.1) is 5.92 Å². The number of rotatable bonds is 9. The standard InChI is InChI=1S/C13H24N4O4S2/c1-4-14-12(20)17-11(19)8-23-22-6-5-15-13(21)16-10(18)7-9(2)3/h9H,4-8H2,1-3H3,(H2,14,17,19,20)(H2,15,16,18,21). The van der Waals surface area contributed by atoms with Gasteiger partial charge in [-0.2, -0.15) is 0 Å². The molecule has 10 heteroatoms. The summed E-state index contributed by atoms with van der Waals surface area (Å²) in [6, 6.07) is -1.03. The highest BCUT2D eigenvalue weighted by atomic mass is 33.1. The summed E-state index contributed by atoms with van der Waals surface area (Å²) in [4.78, 5) is 45.2. The molecule has 0 heterocycles. The zero-order chi connectivity index (χ0) is 17.7. The van der Waals surface area contributed by atoms with Gasteiger partial charge in [0.1, 0.15) is 0 Å². The van der Waals surface area contributed by atoms with E-state index in [0.29, 0.717) is 25.3 Å². The molecule has 0 spiro atoms. The number of hydrogen-bond donors (Lipinski definition) is 4. The van der Waals surface area contributed by atoms with Crippen LogP contribution in [0.3, 0.4) is 0 Å². The molecule has 4 N–H and O–H groups in total. The van der Waals surface area contributed by atoms with Crippen LogP contribution in [0.1, 0.15) is 27.2 Å². The van der Waals surface area contributed by atoms with E-state index in [4.69, 9.17) is 0 Å². The van der Waals surface area contributed by atoms with Crippen LogP contribution in [0.15, 0.2) is 0 Å². The predicted octanol–water partition coefficient (Wildman–Crippen LogP) is 1.09. The molecule has 0 unspecified atom stereocenters. The van der Waals surface area contributed by atoms with Crippen molar-refractivity contribution in [1.82, 2.24) is 21.3 Å². The molecule has 0 fully saturated rings. The van der Waals surface area contributed by atoms with Crippen molar-refractivity contribution < 1.29 is 19.2 Å². The summed E-state index contributed by atoms with van der Waals surface area (Å²) >= 11 is 0. The Balaban J connectivity index is 3.58. The van der Waals surface area contributed by atoms with Gasteiger partial charge in [-0.15, -0.1) is 0 Å². The Hall–Kier alpha value is -1.42. The molecule has 0 saturated heterocycles. The fourth-order valence-electron chi connectivity index (χ4n) is 1.32. The molecule has 0 aromatic carbocycles. The molecule has 0 atom stereocenters. The third kappa shape index (κ3) is 13.9. The van der Waals surface area contributed by atoms with Crippen molar-refractivity contribution in [2.75, 3.05) is 24.6 Å². The quantitative estimate of drug-likeness (QED) is 0.359. The summed E-state index contributed by atoms with van der Waals surface area (Å²) in [5.41, 5.74) is 0. The summed E-state index contributed by atoms with van der Waals surface area (Å²) < 4.78 is 0. The lowest BCUT2D eigenvalue weighted by Crippen LogP contribution is -2.40. The van der Waals surface area contributed by atoms with Crippen LogP contribution in [-0.4, -0.2) is 48.5 Å². The summed E-state index contributed by atoms with van der Waals surface area (Å²) in [5.74, 6) is 0.228. The largest absolute Gasteiger partial charge is 0.338 e. The second-order valence-electron chi connectivity index (χ2n) is 4.89. The molecule has 132 valence electrons. The van der Waals surface area contributed by atoms with Crippen LogP contribution in [0.2, 0.25) is 0 Å². The number of urea groups is 2. The van der Waals surface area contributed by atoms with Crippen LogP contribution in [0.4, 0.5) is 9.59 Å². The molecule has 0 aromatic heterocycles. The summed E-state index contributed by atoms with van der Waals surface area (Å²) in [6.07, 6.45) is 0.304. The summed E-state index contributed by atoms with van der Waals surface area (Å²) in [6.45, 7) is 6.37. The summed E-state index contributed by atoms with van der Waals surface area (Å²) in [5, 5.41) is 9.44. The van der Waals surface area contributed by atoms with E-state index in [2.05, 4.69) is 21.3 Å². The Kier molecular flexibility index (Phi) is 12.3. The van der Waals surface area contributed by atoms with Gasteiger partial charge in [0.05, 0.1) is 5.75 Å². The fourth-order valence-corrected chi connectivity index (χ4v) is 3.06. The molecule has 6 amide bonds. The van der Waals surface area contributed by atoms with Crippen molar-refractivity contribution in [3.8, 4) is 0 Å². The first-order valence-corrected chi connectivity index (χ1v) is 9.73. The van der Waals surface area contributed by atoms with Gasteiger partial charge in [0.15, 0.2) is 0 Å². The second-order valence-corrected chi connectivity index (χ2v) is 7.48. The lowest BCUT2D eigenvalue weighted by atomic mass is 10.1. The maximum atomic E-state index is 11.4. The minimum atomic E-state index is -0.518. The van der Waals surface area contributed by atoms with Crippen LogP contribution in [-0.2, 0) is 9.59 Å². The monoisotopic (exact) mass is 364 g/mol. The second kappa shape index (κ2) is 13.1. The van der Waals surface area contributed by atoms with Crippen molar-refractivity contribution in [3.63, 3.8) is 0 Å². The molecule has 0 rings (SSSR count). The van der Waals surface area contributed by atoms with Gasteiger partial charge in [0.25, 0.3) is 0 Å². The first-order chi connectivity index (χ1) is 10.8. The number of imide groups is 2. The zero-order valence-electron chi connectivity index (χ0n) is 13.6. The van der Waals surface area contributed by atoms with E-state index in [1.165, 1.54) is 21.6 Å². The van der Waals surface area contributed by atoms with Gasteiger partial charge in [-0.3, -0.25) is 20.2 Å². The normalized spacial score (nSPS) is 10.1. The lowest BCUT2D eigenvalue weighted by molar-refractivity contribution is -0.120. The first kappa shape index (κ1) is 21.6. The average molecular weight is 364 g/mol. The van der Waals surface area contributed by atoms with Crippen LogP contribution < -0.4 is 21.3 Å². The Morgan fingerprint density at radius 3 is 2.13 bits per heavy atom.